The van der Waals surface area contributed by atoms with Gasteiger partial charge in [-0.25, -0.2) is 0 Å². The van der Waals surface area contributed by atoms with Gasteiger partial charge in [-0.3, -0.25) is 4.98 Å². The second-order valence-electron chi connectivity index (χ2n) is 3.32. The fraction of sp³-hybridized carbons (Fsp3) is 0.545. The Labute approximate surface area is 85.9 Å². The summed E-state index contributed by atoms with van der Waals surface area (Å²) in [4.78, 5) is 4.08. The zero-order valence-corrected chi connectivity index (χ0v) is 8.79. The number of hydrogen-bond acceptors (Lipinski definition) is 3. The van der Waals surface area contributed by atoms with E-state index in [0.29, 0.717) is 0 Å². The largest absolute Gasteiger partial charge is 0.318 e. The second kappa shape index (κ2) is 7.47. The third-order valence-corrected chi connectivity index (χ3v) is 2.09. The smallest absolute Gasteiger partial charge is 0.0299 e. The van der Waals surface area contributed by atoms with Gasteiger partial charge in [0.1, 0.15) is 0 Å². The van der Waals surface area contributed by atoms with E-state index in [9.17, 15) is 0 Å². The van der Waals surface area contributed by atoms with Crippen LogP contribution in [0.3, 0.4) is 0 Å². The molecule has 0 aliphatic rings. The molecule has 78 valence electrons. The van der Waals surface area contributed by atoms with Gasteiger partial charge < -0.3 is 10.6 Å². The Kier molecular flexibility index (Phi) is 5.95. The first-order chi connectivity index (χ1) is 6.93. The van der Waals surface area contributed by atoms with Crippen molar-refractivity contribution in [3.8, 4) is 0 Å². The van der Waals surface area contributed by atoms with Crippen LogP contribution in [-0.2, 0) is 6.42 Å². The minimum Gasteiger partial charge on any atom is -0.318 e. The Balaban J connectivity index is 1.99. The van der Waals surface area contributed by atoms with Crippen LogP contribution in [0.15, 0.2) is 24.5 Å². The highest BCUT2D eigenvalue weighted by Crippen LogP contribution is 1.98. The number of pyridine rings is 1. The molecule has 1 rings (SSSR count). The standard InChI is InChI=1S/C11H19N3/c1-12-8-9-13-6-2-4-11-5-3-7-14-10-11/h3,5,7,10,12-13H,2,4,6,8-9H2,1H3. The average Bonchev–Trinajstić information content (AvgIpc) is 2.25. The molecule has 1 aromatic rings. The van der Waals surface area contributed by atoms with Crippen LogP contribution in [0.25, 0.3) is 0 Å². The summed E-state index contributed by atoms with van der Waals surface area (Å²) >= 11 is 0. The Morgan fingerprint density at radius 1 is 1.29 bits per heavy atom. The third kappa shape index (κ3) is 4.94. The van der Waals surface area contributed by atoms with Crippen LogP contribution in [0.1, 0.15) is 12.0 Å². The molecule has 0 saturated heterocycles. The predicted octanol–water partition coefficient (Wildman–Crippen LogP) is 0.823. The van der Waals surface area contributed by atoms with Gasteiger partial charge in [0.15, 0.2) is 0 Å². The van der Waals surface area contributed by atoms with Crippen molar-refractivity contribution in [3.05, 3.63) is 30.1 Å². The highest BCUT2D eigenvalue weighted by atomic mass is 14.9. The van der Waals surface area contributed by atoms with Gasteiger partial charge in [-0.05, 0) is 38.1 Å². The SMILES string of the molecule is CNCCNCCCc1cccnc1. The van der Waals surface area contributed by atoms with Crippen molar-refractivity contribution < 1.29 is 0 Å². The molecular weight excluding hydrogens is 174 g/mol. The van der Waals surface area contributed by atoms with Crippen molar-refractivity contribution in [2.24, 2.45) is 0 Å². The molecule has 1 aromatic heterocycles. The first kappa shape index (κ1) is 11.1. The number of hydrogen-bond donors (Lipinski definition) is 2. The summed E-state index contributed by atoms with van der Waals surface area (Å²) in [5, 5.41) is 6.48. The van der Waals surface area contributed by atoms with E-state index in [1.807, 2.05) is 25.5 Å². The first-order valence-corrected chi connectivity index (χ1v) is 5.17. The maximum absolute atomic E-state index is 4.08. The van der Waals surface area contributed by atoms with E-state index in [2.05, 4.69) is 21.7 Å². The highest BCUT2D eigenvalue weighted by Gasteiger charge is 1.91. The van der Waals surface area contributed by atoms with Gasteiger partial charge in [0.05, 0.1) is 0 Å². The summed E-state index contributed by atoms with van der Waals surface area (Å²) in [6, 6.07) is 4.12. The van der Waals surface area contributed by atoms with E-state index in [4.69, 9.17) is 0 Å². The van der Waals surface area contributed by atoms with Crippen LogP contribution in [0.4, 0.5) is 0 Å². The summed E-state index contributed by atoms with van der Waals surface area (Å²) in [6.45, 7) is 3.16. The van der Waals surface area contributed by atoms with Crippen molar-refractivity contribution in [1.29, 1.82) is 0 Å². The van der Waals surface area contributed by atoms with E-state index in [-0.39, 0.29) is 0 Å². The number of likely N-dealkylation sites (N-methyl/N-ethyl adjacent to an activating group) is 1. The van der Waals surface area contributed by atoms with Gasteiger partial charge in [0.25, 0.3) is 0 Å². The molecule has 3 heteroatoms. The van der Waals surface area contributed by atoms with Gasteiger partial charge >= 0.3 is 0 Å². The number of aryl methyl sites for hydroxylation is 1. The number of aromatic nitrogens is 1. The van der Waals surface area contributed by atoms with Crippen LogP contribution in [0.5, 0.6) is 0 Å². The van der Waals surface area contributed by atoms with Gasteiger partial charge in [-0.1, -0.05) is 6.07 Å². The molecule has 0 saturated carbocycles. The lowest BCUT2D eigenvalue weighted by atomic mass is 10.1. The van der Waals surface area contributed by atoms with E-state index in [1.165, 1.54) is 12.0 Å². The van der Waals surface area contributed by atoms with Crippen LogP contribution < -0.4 is 10.6 Å². The molecule has 0 radical (unpaired) electrons. The van der Waals surface area contributed by atoms with Gasteiger partial charge in [0.2, 0.25) is 0 Å². The number of nitrogens with zero attached hydrogens (tertiary/aromatic N) is 1. The van der Waals surface area contributed by atoms with Gasteiger partial charge in [-0.2, -0.15) is 0 Å². The summed E-state index contributed by atoms with van der Waals surface area (Å²) < 4.78 is 0. The molecule has 0 spiro atoms. The lowest BCUT2D eigenvalue weighted by Gasteiger charge is -2.03. The van der Waals surface area contributed by atoms with Crippen LogP contribution in [0, 0.1) is 0 Å². The quantitative estimate of drug-likeness (QED) is 0.630. The molecule has 3 nitrogen and oxygen atoms in total. The topological polar surface area (TPSA) is 37.0 Å². The second-order valence-corrected chi connectivity index (χ2v) is 3.32. The number of nitrogens with one attached hydrogen (secondary N) is 2. The van der Waals surface area contributed by atoms with Crippen LogP contribution in [-0.4, -0.2) is 31.7 Å². The predicted molar refractivity (Wildman–Crippen MR) is 59.4 cm³/mol. The molecule has 0 aliphatic carbocycles. The van der Waals surface area contributed by atoms with E-state index < -0.39 is 0 Å². The molecule has 0 bridgehead atoms. The zero-order valence-electron chi connectivity index (χ0n) is 8.79. The monoisotopic (exact) mass is 193 g/mol. The molecule has 0 aromatic carbocycles. The minimum absolute atomic E-state index is 1.03. The fourth-order valence-corrected chi connectivity index (χ4v) is 1.30. The average molecular weight is 193 g/mol. The zero-order chi connectivity index (χ0) is 10.1. The summed E-state index contributed by atoms with van der Waals surface area (Å²) in [6.07, 6.45) is 6.04. The molecule has 0 unspecified atom stereocenters. The van der Waals surface area contributed by atoms with E-state index >= 15 is 0 Å². The molecule has 0 aliphatic heterocycles. The molecular formula is C11H19N3. The molecule has 1 heterocycles. The molecule has 0 fully saturated rings. The Hall–Kier alpha value is -0.930. The summed E-state index contributed by atoms with van der Waals surface area (Å²) in [5.41, 5.74) is 1.32. The first-order valence-electron chi connectivity index (χ1n) is 5.17. The summed E-state index contributed by atoms with van der Waals surface area (Å²) in [7, 11) is 1.97. The molecule has 14 heavy (non-hydrogen) atoms. The van der Waals surface area contributed by atoms with Crippen molar-refractivity contribution in [3.63, 3.8) is 0 Å². The van der Waals surface area contributed by atoms with Gasteiger partial charge in [0, 0.05) is 25.5 Å². The molecule has 0 amide bonds. The lowest BCUT2D eigenvalue weighted by molar-refractivity contribution is 0.624. The molecule has 2 N–H and O–H groups in total. The van der Waals surface area contributed by atoms with Crippen molar-refractivity contribution >= 4 is 0 Å². The Morgan fingerprint density at radius 2 is 2.21 bits per heavy atom. The van der Waals surface area contributed by atoms with Crippen LogP contribution >= 0.6 is 0 Å². The van der Waals surface area contributed by atoms with Crippen molar-refractivity contribution in [1.82, 2.24) is 15.6 Å². The maximum atomic E-state index is 4.08. The van der Waals surface area contributed by atoms with E-state index in [0.717, 1.165) is 26.1 Å². The Bertz CT molecular complexity index is 223. The molecule has 0 atom stereocenters. The third-order valence-electron chi connectivity index (χ3n) is 2.09. The van der Waals surface area contributed by atoms with Gasteiger partial charge in [-0.15, -0.1) is 0 Å². The Morgan fingerprint density at radius 3 is 2.93 bits per heavy atom. The highest BCUT2D eigenvalue weighted by molar-refractivity contribution is 5.08. The minimum atomic E-state index is 1.03. The van der Waals surface area contributed by atoms with Crippen molar-refractivity contribution in [2.45, 2.75) is 12.8 Å². The van der Waals surface area contributed by atoms with Crippen LogP contribution in [0.2, 0.25) is 0 Å². The fourth-order valence-electron chi connectivity index (χ4n) is 1.30. The maximum Gasteiger partial charge on any atom is 0.0299 e. The normalized spacial score (nSPS) is 10.4. The number of rotatable bonds is 7. The summed E-state index contributed by atoms with van der Waals surface area (Å²) in [5.74, 6) is 0. The lowest BCUT2D eigenvalue weighted by Crippen LogP contribution is -2.25. The van der Waals surface area contributed by atoms with Crippen molar-refractivity contribution in [2.75, 3.05) is 26.7 Å². The van der Waals surface area contributed by atoms with E-state index in [1.54, 1.807) is 0 Å².